The summed E-state index contributed by atoms with van der Waals surface area (Å²) in [5.41, 5.74) is -0.441. The first-order valence-electron chi connectivity index (χ1n) is 15.4. The molecule has 0 saturated carbocycles. The average Bonchev–Trinajstić information content (AvgIpc) is 3.45. The molecule has 0 aliphatic heterocycles. The number of nitrogens with zero attached hydrogens (tertiary/aromatic N) is 3. The third-order valence-corrected chi connectivity index (χ3v) is 9.96. The highest BCUT2D eigenvalue weighted by Gasteiger charge is 2.35. The molecule has 0 saturated heterocycles. The van der Waals surface area contributed by atoms with E-state index in [0.29, 0.717) is 22.9 Å². The lowest BCUT2D eigenvalue weighted by Crippen LogP contribution is -2.43. The van der Waals surface area contributed by atoms with E-state index >= 15 is 0 Å². The van der Waals surface area contributed by atoms with Gasteiger partial charge < -0.3 is 10.1 Å². The number of esters is 1. The van der Waals surface area contributed by atoms with E-state index in [-0.39, 0.29) is 24.7 Å². The van der Waals surface area contributed by atoms with Gasteiger partial charge in [-0.05, 0) is 41.0 Å². The predicted octanol–water partition coefficient (Wildman–Crippen LogP) is 5.95. The molecule has 1 atom stereocenters. The summed E-state index contributed by atoms with van der Waals surface area (Å²) in [5, 5.41) is 10.7. The van der Waals surface area contributed by atoms with Crippen LogP contribution in [0.5, 0.6) is 0 Å². The van der Waals surface area contributed by atoms with Crippen LogP contribution >= 0.6 is 11.6 Å². The van der Waals surface area contributed by atoms with Crippen molar-refractivity contribution in [2.24, 2.45) is 11.3 Å². The van der Waals surface area contributed by atoms with Crippen molar-refractivity contribution in [3.05, 3.63) is 16.5 Å². The maximum atomic E-state index is 12.9. The van der Waals surface area contributed by atoms with Gasteiger partial charge in [0.25, 0.3) is 0 Å². The van der Waals surface area contributed by atoms with Crippen LogP contribution in [0.15, 0.2) is 0 Å². The van der Waals surface area contributed by atoms with Gasteiger partial charge in [0.1, 0.15) is 11.6 Å². The highest BCUT2D eigenvalue weighted by atomic mass is 35.5. The topological polar surface area (TPSA) is 136 Å². The quantitative estimate of drug-likeness (QED) is 0.136. The zero-order valence-corrected chi connectivity index (χ0v) is 28.2. The number of aromatic amines is 1. The Morgan fingerprint density at radius 1 is 1.02 bits per heavy atom. The number of rotatable bonds is 20. The number of fused-ring (bicyclic) bond motifs is 1. The smallest absolute Gasteiger partial charge is 0.313 e. The number of unbranched alkanes of at least 4 members (excludes halogenated alkanes) is 9. The molecule has 2 aromatic heterocycles. The van der Waals surface area contributed by atoms with Crippen LogP contribution in [0.3, 0.4) is 0 Å². The molecule has 0 bridgehead atoms. The van der Waals surface area contributed by atoms with E-state index in [1.165, 1.54) is 43.2 Å². The molecule has 0 aliphatic rings. The molecule has 0 aliphatic carbocycles. The van der Waals surface area contributed by atoms with Crippen LogP contribution < -0.4 is 5.32 Å². The fourth-order valence-corrected chi connectivity index (χ4v) is 6.49. The normalized spacial score (nSPS) is 13.4. The Morgan fingerprint density at radius 2 is 1.60 bits per heavy atom. The van der Waals surface area contributed by atoms with Gasteiger partial charge in [0.2, 0.25) is 5.91 Å². The van der Waals surface area contributed by atoms with Crippen LogP contribution in [0.2, 0.25) is 5.02 Å². The summed E-state index contributed by atoms with van der Waals surface area (Å²) in [4.78, 5) is 30.1. The summed E-state index contributed by atoms with van der Waals surface area (Å²) in [7, 11) is -3.34. The Morgan fingerprint density at radius 3 is 2.17 bits per heavy atom. The monoisotopic (exact) mass is 629 g/mol. The molecule has 10 nitrogen and oxygen atoms in total. The number of hydrogen-bond acceptors (Lipinski definition) is 7. The fourth-order valence-electron chi connectivity index (χ4n) is 4.60. The third kappa shape index (κ3) is 11.2. The Balaban J connectivity index is 1.72. The van der Waals surface area contributed by atoms with E-state index in [0.717, 1.165) is 25.0 Å². The minimum atomic E-state index is -3.34. The van der Waals surface area contributed by atoms with Gasteiger partial charge in [-0.15, -0.1) is 5.10 Å². The van der Waals surface area contributed by atoms with Crippen molar-refractivity contribution in [3.63, 3.8) is 0 Å². The van der Waals surface area contributed by atoms with E-state index < -0.39 is 38.5 Å². The number of hydrogen-bond donors (Lipinski definition) is 2. The van der Waals surface area contributed by atoms with Gasteiger partial charge in [0.05, 0.1) is 28.0 Å². The maximum absolute atomic E-state index is 12.9. The molecule has 2 rings (SSSR count). The highest BCUT2D eigenvalue weighted by Crippen LogP contribution is 2.26. The lowest BCUT2D eigenvalue weighted by Gasteiger charge is -2.27. The van der Waals surface area contributed by atoms with Crippen LogP contribution in [0.1, 0.15) is 117 Å². The van der Waals surface area contributed by atoms with Crippen molar-refractivity contribution in [2.45, 2.75) is 118 Å². The van der Waals surface area contributed by atoms with Crippen molar-refractivity contribution in [3.8, 4) is 0 Å². The predicted molar refractivity (Wildman–Crippen MR) is 168 cm³/mol. The molecule has 0 radical (unpaired) electrons. The van der Waals surface area contributed by atoms with E-state index in [1.807, 2.05) is 20.8 Å². The summed E-state index contributed by atoms with van der Waals surface area (Å²) >= 11 is 6.26. The van der Waals surface area contributed by atoms with Crippen LogP contribution in [0, 0.1) is 18.3 Å². The number of ether oxygens (including phenoxy) is 1. The number of carbonyl (C=O) groups is 2. The van der Waals surface area contributed by atoms with E-state index in [1.54, 1.807) is 20.8 Å². The Labute approximate surface area is 257 Å². The zero-order chi connectivity index (χ0) is 31.6. The number of carbonyl (C=O) groups excluding carboxylic acids is 2. The zero-order valence-electron chi connectivity index (χ0n) is 26.6. The van der Waals surface area contributed by atoms with Crippen LogP contribution in [0.4, 0.5) is 0 Å². The second kappa shape index (κ2) is 16.1. The highest BCUT2D eigenvalue weighted by molar-refractivity contribution is 7.91. The molecule has 42 heavy (non-hydrogen) atoms. The molecule has 1 unspecified atom stereocenters. The molecule has 0 fully saturated rings. The van der Waals surface area contributed by atoms with Crippen molar-refractivity contribution in [1.82, 2.24) is 25.1 Å². The molecular weight excluding hydrogens is 578 g/mol. The van der Waals surface area contributed by atoms with E-state index in [4.69, 9.17) is 16.3 Å². The standard InChI is InChI=1S/C30H52ClN5O5S/c1-8-9-10-11-12-13-14-15-16-17-18-42(39,40)19-22(2)26(37)32-20-29(4,5)28(38)41-21-30(6,7)27-33-25-24(31)23(3)34-36(25)35-27/h22,34H,8-21H2,1-7H3,(H,32,37). The minimum Gasteiger partial charge on any atom is -0.464 e. The number of amides is 1. The molecule has 1 amide bonds. The van der Waals surface area contributed by atoms with Gasteiger partial charge in [-0.3, -0.25) is 14.7 Å². The number of H-pyrrole nitrogens is 1. The second-order valence-corrected chi connectivity index (χ2v) is 15.6. The molecular formula is C30H52ClN5O5S. The Bertz CT molecular complexity index is 1270. The summed E-state index contributed by atoms with van der Waals surface area (Å²) in [6.07, 6.45) is 11.3. The van der Waals surface area contributed by atoms with Crippen LogP contribution in [-0.2, 0) is 29.6 Å². The first-order chi connectivity index (χ1) is 19.6. The SMILES string of the molecule is CCCCCCCCCCCCS(=O)(=O)CC(C)C(=O)NCC(C)(C)C(=O)OCC(C)(C)c1nc2c(Cl)c(C)[nH]n2n1. The van der Waals surface area contributed by atoms with Crippen molar-refractivity contribution >= 4 is 39.0 Å². The first-order valence-corrected chi connectivity index (χ1v) is 17.6. The second-order valence-electron chi connectivity index (χ2n) is 13.0. The van der Waals surface area contributed by atoms with Crippen LogP contribution in [-0.4, -0.2) is 64.8 Å². The average molecular weight is 630 g/mol. The fraction of sp³-hybridized carbons (Fsp3) is 0.800. The molecule has 2 heterocycles. The molecule has 2 aromatic rings. The summed E-state index contributed by atoms with van der Waals surface area (Å²) in [6, 6.07) is 0. The summed E-state index contributed by atoms with van der Waals surface area (Å²) in [5.74, 6) is -1.23. The first kappa shape index (κ1) is 36.1. The summed E-state index contributed by atoms with van der Waals surface area (Å²) in [6.45, 7) is 12.8. The van der Waals surface area contributed by atoms with Crippen molar-refractivity contribution in [2.75, 3.05) is 24.7 Å². The van der Waals surface area contributed by atoms with Crippen molar-refractivity contribution in [1.29, 1.82) is 0 Å². The minimum absolute atomic E-state index is 0.0224. The molecule has 240 valence electrons. The lowest BCUT2D eigenvalue weighted by atomic mass is 9.91. The number of sulfone groups is 1. The summed E-state index contributed by atoms with van der Waals surface area (Å²) < 4.78 is 32.3. The Kier molecular flexibility index (Phi) is 13.8. The van der Waals surface area contributed by atoms with Crippen molar-refractivity contribution < 1.29 is 22.7 Å². The van der Waals surface area contributed by atoms with Gasteiger partial charge >= 0.3 is 5.97 Å². The number of aromatic nitrogens is 4. The molecule has 2 N–H and O–H groups in total. The van der Waals surface area contributed by atoms with E-state index in [2.05, 4.69) is 27.4 Å². The maximum Gasteiger partial charge on any atom is 0.313 e. The van der Waals surface area contributed by atoms with E-state index in [9.17, 15) is 18.0 Å². The largest absolute Gasteiger partial charge is 0.464 e. The third-order valence-electron chi connectivity index (χ3n) is 7.59. The number of aryl methyl sites for hydroxylation is 1. The lowest BCUT2D eigenvalue weighted by molar-refractivity contribution is -0.155. The van der Waals surface area contributed by atoms with Gasteiger partial charge in [0, 0.05) is 12.5 Å². The molecule has 12 heteroatoms. The van der Waals surface area contributed by atoms with Gasteiger partial charge in [0.15, 0.2) is 21.3 Å². The van der Waals surface area contributed by atoms with Crippen LogP contribution in [0.25, 0.3) is 5.65 Å². The number of halogens is 1. The van der Waals surface area contributed by atoms with Gasteiger partial charge in [-0.25, -0.2) is 13.4 Å². The number of nitrogens with one attached hydrogen (secondary N) is 2. The Hall–Kier alpha value is -2.14. The molecule has 0 aromatic carbocycles. The molecule has 0 spiro atoms. The van der Waals surface area contributed by atoms with Gasteiger partial charge in [-0.2, -0.15) is 4.63 Å². The van der Waals surface area contributed by atoms with Gasteiger partial charge in [-0.1, -0.05) is 83.2 Å².